The average molecular weight is 166 g/mol. The second-order valence-electron chi connectivity index (χ2n) is 4.10. The first-order chi connectivity index (χ1) is 3.71. The Balaban J connectivity index is 0. The number of nitrogens with zero attached hydrogens (tertiary/aromatic N) is 1. The first-order valence-electron chi connectivity index (χ1n) is 3.30. The predicted molar refractivity (Wildman–Crippen MR) is 49.5 cm³/mol. The van der Waals surface area contributed by atoms with Gasteiger partial charge in [0.1, 0.15) is 0 Å². The van der Waals surface area contributed by atoms with Crippen molar-refractivity contribution in [3.63, 3.8) is 0 Å². The molecule has 0 aromatic carbocycles. The molecule has 0 aliphatic carbocycles. The zero-order valence-electron chi connectivity index (χ0n) is 8.15. The minimum atomic E-state index is -1.36. The third kappa shape index (κ3) is 11.6. The Labute approximate surface area is 79.3 Å². The van der Waals surface area contributed by atoms with Crippen LogP contribution < -0.4 is 18.9 Å². The average Bonchev–Trinajstić information content (AvgIpc) is 1.14. The van der Waals surface area contributed by atoms with Crippen molar-refractivity contribution in [1.82, 2.24) is 0 Å². The van der Waals surface area contributed by atoms with Gasteiger partial charge in [-0.05, 0) is 19.6 Å². The van der Waals surface area contributed by atoms with Gasteiger partial charge in [-0.15, -0.1) is 0 Å². The van der Waals surface area contributed by atoms with Crippen LogP contribution in [0, 0.1) is 6.55 Å². The Hall–Kier alpha value is 0.861. The van der Waals surface area contributed by atoms with Crippen molar-refractivity contribution >= 4 is 16.5 Å². The smallest absolute Gasteiger partial charge is 0.627 e. The van der Waals surface area contributed by atoms with Crippen LogP contribution in [0.2, 0.25) is 32.7 Å². The summed E-state index contributed by atoms with van der Waals surface area (Å²) in [5.74, 6) is 0. The van der Waals surface area contributed by atoms with Crippen molar-refractivity contribution in [2.75, 3.05) is 0 Å². The maximum absolute atomic E-state index is 4.71. The SMILES string of the molecule is [CH2+][Si](C)(C)[N-][Si](C)(C)C.[Li+]. The summed E-state index contributed by atoms with van der Waals surface area (Å²) < 4.78 is 4.71. The van der Waals surface area contributed by atoms with Crippen LogP contribution in [0.25, 0.3) is 4.65 Å². The molecule has 0 aromatic rings. The minimum Gasteiger partial charge on any atom is -0.627 e. The Bertz CT molecular complexity index is 80.9. The van der Waals surface area contributed by atoms with Crippen molar-refractivity contribution in [2.24, 2.45) is 0 Å². The van der Waals surface area contributed by atoms with E-state index >= 15 is 0 Å². The number of hydrogen-bond acceptors (Lipinski definition) is 0. The van der Waals surface area contributed by atoms with Crippen molar-refractivity contribution in [3.05, 3.63) is 11.2 Å². The van der Waals surface area contributed by atoms with E-state index in [1.165, 1.54) is 0 Å². The Morgan fingerprint density at radius 3 is 1.30 bits per heavy atom. The molecule has 4 heteroatoms. The minimum absolute atomic E-state index is 0. The molecule has 0 heterocycles. The molecule has 54 valence electrons. The normalized spacial score (nSPS) is 12.5. The van der Waals surface area contributed by atoms with E-state index < -0.39 is 16.5 Å². The van der Waals surface area contributed by atoms with Gasteiger partial charge in [-0.1, -0.05) is 27.9 Å². The Kier molecular flexibility index (Phi) is 5.42. The second kappa shape index (κ2) is 4.03. The molecule has 0 amide bonds. The zero-order chi connectivity index (χ0) is 7.71. The van der Waals surface area contributed by atoms with Crippen LogP contribution in [0.1, 0.15) is 0 Å². The summed E-state index contributed by atoms with van der Waals surface area (Å²) in [6, 6.07) is 0. The molecule has 0 saturated carbocycles. The summed E-state index contributed by atoms with van der Waals surface area (Å²) in [5.41, 5.74) is 0. The molecule has 0 aliphatic heterocycles. The zero-order valence-corrected chi connectivity index (χ0v) is 10.2. The molecular weight excluding hydrogens is 149 g/mol. The predicted octanol–water partition coefficient (Wildman–Crippen LogP) is -0.223. The van der Waals surface area contributed by atoms with E-state index in [4.69, 9.17) is 4.65 Å². The fraction of sp³-hybridized carbons (Fsp3) is 0.833. The molecule has 1 nitrogen and oxygen atoms in total. The molecule has 0 radical (unpaired) electrons. The van der Waals surface area contributed by atoms with Gasteiger partial charge in [-0.2, -0.15) is 0 Å². The van der Waals surface area contributed by atoms with Gasteiger partial charge in [0, 0.05) is 0 Å². The molecule has 0 fully saturated rings. The van der Waals surface area contributed by atoms with Gasteiger partial charge >= 0.3 is 18.9 Å². The van der Waals surface area contributed by atoms with Crippen LogP contribution in [0.4, 0.5) is 0 Å². The number of rotatable bonds is 2. The fourth-order valence-corrected chi connectivity index (χ4v) is 8.17. The van der Waals surface area contributed by atoms with Crippen molar-refractivity contribution in [1.29, 1.82) is 0 Å². The topological polar surface area (TPSA) is 14.1 Å². The van der Waals surface area contributed by atoms with E-state index in [0.717, 1.165) is 0 Å². The number of hydrogen-bond donors (Lipinski definition) is 0. The Morgan fingerprint density at radius 2 is 1.30 bits per heavy atom. The summed E-state index contributed by atoms with van der Waals surface area (Å²) in [5, 5.41) is 0. The maximum Gasteiger partial charge on any atom is 1.00 e. The molecule has 0 spiro atoms. The third-order valence-corrected chi connectivity index (χ3v) is 5.74. The van der Waals surface area contributed by atoms with Crippen LogP contribution >= 0.6 is 0 Å². The van der Waals surface area contributed by atoms with Crippen LogP contribution in [0.5, 0.6) is 0 Å². The van der Waals surface area contributed by atoms with Gasteiger partial charge in [0.25, 0.3) is 0 Å². The second-order valence-corrected chi connectivity index (χ2v) is 13.0. The van der Waals surface area contributed by atoms with Gasteiger partial charge in [0.2, 0.25) is 0 Å². The molecule has 0 saturated heterocycles. The van der Waals surface area contributed by atoms with Crippen LogP contribution in [0.15, 0.2) is 0 Å². The molecule has 10 heavy (non-hydrogen) atoms. The van der Waals surface area contributed by atoms with E-state index in [1.807, 2.05) is 0 Å². The first-order valence-corrected chi connectivity index (χ1v) is 9.90. The molecular formula is C6H17LiNSi2+. The quantitative estimate of drug-likeness (QED) is 0.398. The molecule has 0 unspecified atom stereocenters. The summed E-state index contributed by atoms with van der Waals surface area (Å²) in [6.07, 6.45) is 0. The van der Waals surface area contributed by atoms with Crippen molar-refractivity contribution in [3.8, 4) is 0 Å². The van der Waals surface area contributed by atoms with Gasteiger partial charge in [-0.3, -0.25) is 0 Å². The third-order valence-electron chi connectivity index (χ3n) is 0.638. The summed E-state index contributed by atoms with van der Waals surface area (Å²) in [4.78, 5) is 0. The fourth-order valence-electron chi connectivity index (χ4n) is 0.908. The Morgan fingerprint density at radius 1 is 1.00 bits per heavy atom. The summed E-state index contributed by atoms with van der Waals surface area (Å²) in [7, 11) is -2.52. The molecule has 0 aromatic heterocycles. The van der Waals surface area contributed by atoms with Crippen LogP contribution in [0.3, 0.4) is 0 Å². The van der Waals surface area contributed by atoms with E-state index in [0.29, 0.717) is 0 Å². The van der Waals surface area contributed by atoms with Gasteiger partial charge in [0.15, 0.2) is 8.24 Å². The van der Waals surface area contributed by atoms with Gasteiger partial charge < -0.3 is 4.65 Å². The van der Waals surface area contributed by atoms with Crippen LogP contribution in [-0.2, 0) is 0 Å². The van der Waals surface area contributed by atoms with Crippen LogP contribution in [-0.4, -0.2) is 16.5 Å². The van der Waals surface area contributed by atoms with Crippen molar-refractivity contribution < 1.29 is 18.9 Å². The monoisotopic (exact) mass is 166 g/mol. The summed E-state index contributed by atoms with van der Waals surface area (Å²) in [6.45, 7) is 15.2. The maximum atomic E-state index is 4.71. The van der Waals surface area contributed by atoms with E-state index in [-0.39, 0.29) is 18.9 Å². The molecule has 0 aliphatic rings. The van der Waals surface area contributed by atoms with E-state index in [9.17, 15) is 0 Å². The van der Waals surface area contributed by atoms with Gasteiger partial charge in [-0.25, -0.2) is 0 Å². The first kappa shape index (κ1) is 13.5. The molecule has 0 bridgehead atoms. The molecule has 0 atom stereocenters. The van der Waals surface area contributed by atoms with E-state index in [1.54, 1.807) is 0 Å². The standard InChI is InChI=1S/C6H17NSi2.Li/c1-8(2,3)7-9(4,5)6;/h1H2,2-6H3;/q;+1. The summed E-state index contributed by atoms with van der Waals surface area (Å²) >= 11 is 0. The van der Waals surface area contributed by atoms with Gasteiger partial charge in [0.05, 0.1) is 0 Å². The van der Waals surface area contributed by atoms with Crippen molar-refractivity contribution in [2.45, 2.75) is 32.7 Å². The van der Waals surface area contributed by atoms with E-state index in [2.05, 4.69) is 39.3 Å². The largest absolute Gasteiger partial charge is 1.00 e. The molecule has 0 rings (SSSR count). The molecule has 0 N–H and O–H groups in total.